The van der Waals surface area contributed by atoms with E-state index in [2.05, 4.69) is 17.1 Å². The number of unbranched alkanes of at least 4 members (excludes halogenated alkanes) is 3. The second-order valence-electron chi connectivity index (χ2n) is 7.91. The summed E-state index contributed by atoms with van der Waals surface area (Å²) in [6.45, 7) is 0.644. The molecule has 1 atom stereocenters. The van der Waals surface area contributed by atoms with Gasteiger partial charge in [0.05, 0.1) is 0 Å². The molecule has 7 heteroatoms. The van der Waals surface area contributed by atoms with Crippen molar-refractivity contribution in [3.63, 3.8) is 0 Å². The third-order valence-electron chi connectivity index (χ3n) is 5.35. The molecular formula is C23H33NO5S. The number of aromatic carboxylic acids is 1. The molecular weight excluding hydrogens is 402 g/mol. The lowest BCUT2D eigenvalue weighted by Gasteiger charge is -2.08. The van der Waals surface area contributed by atoms with Gasteiger partial charge in [-0.3, -0.25) is 9.59 Å². The Kier molecular flexibility index (Phi) is 10.8. The molecule has 1 saturated heterocycles. The van der Waals surface area contributed by atoms with E-state index < -0.39 is 5.97 Å². The molecule has 6 nitrogen and oxygen atoms in total. The van der Waals surface area contributed by atoms with Gasteiger partial charge < -0.3 is 15.5 Å². The number of hydrogen-bond acceptors (Lipinski definition) is 5. The maximum Gasteiger partial charge on any atom is 0.339 e. The summed E-state index contributed by atoms with van der Waals surface area (Å²) < 4.78 is 0. The van der Waals surface area contributed by atoms with Crippen molar-refractivity contribution in [3.05, 3.63) is 29.3 Å². The van der Waals surface area contributed by atoms with Gasteiger partial charge in [0.2, 0.25) is 5.91 Å². The molecule has 1 aliphatic heterocycles. The Morgan fingerprint density at radius 1 is 1.07 bits per heavy atom. The molecule has 1 aromatic carbocycles. The largest absolute Gasteiger partial charge is 0.507 e. The van der Waals surface area contributed by atoms with Gasteiger partial charge in [-0.15, -0.1) is 0 Å². The molecule has 0 bridgehead atoms. The second kappa shape index (κ2) is 13.3. The molecule has 1 aliphatic rings. The molecule has 166 valence electrons. The van der Waals surface area contributed by atoms with Crippen molar-refractivity contribution in [1.82, 2.24) is 5.32 Å². The van der Waals surface area contributed by atoms with Crippen LogP contribution in [-0.2, 0) is 16.0 Å². The Hall–Kier alpha value is -2.02. The smallest absolute Gasteiger partial charge is 0.339 e. The fourth-order valence-electron chi connectivity index (χ4n) is 3.65. The predicted molar refractivity (Wildman–Crippen MR) is 119 cm³/mol. The molecule has 0 aliphatic carbocycles. The van der Waals surface area contributed by atoms with Gasteiger partial charge in [0.15, 0.2) is 0 Å². The van der Waals surface area contributed by atoms with E-state index in [1.807, 2.05) is 0 Å². The fourth-order valence-corrected chi connectivity index (χ4v) is 4.98. The summed E-state index contributed by atoms with van der Waals surface area (Å²) in [5.74, 6) is -0.0578. The van der Waals surface area contributed by atoms with Crippen molar-refractivity contribution < 1.29 is 24.6 Å². The average molecular weight is 436 g/mol. The average Bonchev–Trinajstić information content (AvgIpc) is 3.22. The molecule has 0 aromatic heterocycles. The number of rotatable bonds is 14. The number of Topliss-reactive ketones (excluding diaryl/α,β-unsaturated/α-hetero) is 1. The number of nitrogens with one attached hydrogen (secondary N) is 1. The van der Waals surface area contributed by atoms with Crippen molar-refractivity contribution in [3.8, 4) is 5.75 Å². The van der Waals surface area contributed by atoms with Crippen LogP contribution in [0.1, 0.15) is 80.1 Å². The minimum Gasteiger partial charge on any atom is -0.507 e. The first-order valence-electron chi connectivity index (χ1n) is 10.9. The number of benzene rings is 1. The lowest BCUT2D eigenvalue weighted by molar-refractivity contribution is -0.121. The molecule has 1 unspecified atom stereocenters. The zero-order valence-corrected chi connectivity index (χ0v) is 18.3. The van der Waals surface area contributed by atoms with Crippen molar-refractivity contribution in [2.24, 2.45) is 0 Å². The van der Waals surface area contributed by atoms with Crippen molar-refractivity contribution in [2.75, 3.05) is 12.3 Å². The molecule has 1 aromatic rings. The molecule has 3 N–H and O–H groups in total. The van der Waals surface area contributed by atoms with Gasteiger partial charge in [0.1, 0.15) is 17.1 Å². The van der Waals surface area contributed by atoms with Crippen LogP contribution in [-0.4, -0.2) is 45.4 Å². The Labute approximate surface area is 182 Å². The van der Waals surface area contributed by atoms with E-state index >= 15 is 0 Å². The highest BCUT2D eigenvalue weighted by molar-refractivity contribution is 8.00. The Morgan fingerprint density at radius 2 is 1.87 bits per heavy atom. The summed E-state index contributed by atoms with van der Waals surface area (Å²) in [6, 6.07) is 4.22. The van der Waals surface area contributed by atoms with Crippen molar-refractivity contribution >= 4 is 29.4 Å². The maximum atomic E-state index is 12.1. The van der Waals surface area contributed by atoms with Gasteiger partial charge in [0.25, 0.3) is 0 Å². The summed E-state index contributed by atoms with van der Waals surface area (Å²) in [5, 5.41) is 22.3. The Bertz CT molecular complexity index is 716. The highest BCUT2D eigenvalue weighted by Gasteiger charge is 2.15. The van der Waals surface area contributed by atoms with Crippen LogP contribution in [0.5, 0.6) is 5.75 Å². The van der Waals surface area contributed by atoms with E-state index in [4.69, 9.17) is 5.11 Å². The van der Waals surface area contributed by atoms with Gasteiger partial charge in [-0.2, -0.15) is 11.8 Å². The second-order valence-corrected chi connectivity index (χ2v) is 9.32. The SMILES string of the molecule is O=C(CCCCCNC(=O)CCCCC1CCCS1)Cc1ccc(O)c(C(=O)O)c1. The minimum absolute atomic E-state index is 0.0430. The monoisotopic (exact) mass is 435 g/mol. The summed E-state index contributed by atoms with van der Waals surface area (Å²) >= 11 is 2.07. The highest BCUT2D eigenvalue weighted by atomic mass is 32.2. The third-order valence-corrected chi connectivity index (χ3v) is 6.82. The number of carboxylic acid groups (broad SMARTS) is 1. The van der Waals surface area contributed by atoms with Crippen LogP contribution in [0.25, 0.3) is 0 Å². The zero-order valence-electron chi connectivity index (χ0n) is 17.5. The molecule has 0 radical (unpaired) electrons. The zero-order chi connectivity index (χ0) is 21.8. The van der Waals surface area contributed by atoms with Crippen LogP contribution >= 0.6 is 11.8 Å². The minimum atomic E-state index is -1.21. The molecule has 30 heavy (non-hydrogen) atoms. The molecule has 1 fully saturated rings. The molecule has 1 amide bonds. The van der Waals surface area contributed by atoms with E-state index in [0.717, 1.165) is 37.4 Å². The number of hydrogen-bond donors (Lipinski definition) is 3. The van der Waals surface area contributed by atoms with Crippen LogP contribution in [0, 0.1) is 0 Å². The lowest BCUT2D eigenvalue weighted by Crippen LogP contribution is -2.24. The highest BCUT2D eigenvalue weighted by Crippen LogP contribution is 2.30. The van der Waals surface area contributed by atoms with E-state index in [0.29, 0.717) is 24.9 Å². The number of phenols is 1. The Morgan fingerprint density at radius 3 is 2.60 bits per heavy atom. The van der Waals surface area contributed by atoms with Crippen LogP contribution in [0.4, 0.5) is 0 Å². The van der Waals surface area contributed by atoms with E-state index in [9.17, 15) is 19.5 Å². The van der Waals surface area contributed by atoms with Gasteiger partial charge in [-0.1, -0.05) is 18.9 Å². The van der Waals surface area contributed by atoms with E-state index in [-0.39, 0.29) is 29.4 Å². The fraction of sp³-hybridized carbons (Fsp3) is 0.609. The first-order chi connectivity index (χ1) is 14.5. The maximum absolute atomic E-state index is 12.1. The number of aromatic hydroxyl groups is 1. The number of carboxylic acids is 1. The Balaban J connectivity index is 1.48. The van der Waals surface area contributed by atoms with Gasteiger partial charge in [-0.25, -0.2) is 4.79 Å². The quantitative estimate of drug-likeness (QED) is 0.376. The lowest BCUT2D eigenvalue weighted by atomic mass is 10.0. The summed E-state index contributed by atoms with van der Waals surface area (Å²) in [5.41, 5.74) is 0.405. The van der Waals surface area contributed by atoms with Gasteiger partial charge in [0, 0.05) is 31.1 Å². The number of thioether (sulfide) groups is 1. The molecule has 2 rings (SSSR count). The van der Waals surface area contributed by atoms with Crippen LogP contribution in [0.3, 0.4) is 0 Å². The number of amides is 1. The summed E-state index contributed by atoms with van der Waals surface area (Å²) in [6.07, 6.45) is 9.63. The van der Waals surface area contributed by atoms with E-state index in [1.165, 1.54) is 37.1 Å². The number of ketones is 1. The van der Waals surface area contributed by atoms with Crippen LogP contribution < -0.4 is 5.32 Å². The first kappa shape index (κ1) is 24.3. The van der Waals surface area contributed by atoms with Gasteiger partial charge >= 0.3 is 5.97 Å². The number of carbonyl (C=O) groups excluding carboxylic acids is 2. The number of carbonyl (C=O) groups is 3. The topological polar surface area (TPSA) is 104 Å². The van der Waals surface area contributed by atoms with Crippen LogP contribution in [0.2, 0.25) is 0 Å². The molecule has 0 saturated carbocycles. The third kappa shape index (κ3) is 9.20. The molecule has 1 heterocycles. The summed E-state index contributed by atoms with van der Waals surface area (Å²) in [4.78, 5) is 35.0. The van der Waals surface area contributed by atoms with Crippen molar-refractivity contribution in [2.45, 2.75) is 75.9 Å². The standard InChI is InChI=1S/C23H33NO5S/c25-18(15-17-11-12-21(26)20(16-17)23(28)29)7-2-1-5-13-24-22(27)10-4-3-8-19-9-6-14-30-19/h11-12,16,19,26H,1-10,13-15H2,(H,24,27)(H,28,29). The summed E-state index contributed by atoms with van der Waals surface area (Å²) in [7, 11) is 0. The normalized spacial score (nSPS) is 15.8. The van der Waals surface area contributed by atoms with E-state index in [1.54, 1.807) is 6.07 Å². The van der Waals surface area contributed by atoms with Crippen molar-refractivity contribution in [1.29, 1.82) is 0 Å². The van der Waals surface area contributed by atoms with Crippen LogP contribution in [0.15, 0.2) is 18.2 Å². The predicted octanol–water partition coefficient (Wildman–Crippen LogP) is 4.33. The van der Waals surface area contributed by atoms with Gasteiger partial charge in [-0.05, 0) is 62.0 Å². The molecule has 0 spiro atoms. The first-order valence-corrected chi connectivity index (χ1v) is 12.0.